The van der Waals surface area contributed by atoms with Crippen LogP contribution in [0.2, 0.25) is 0 Å². The van der Waals surface area contributed by atoms with Crippen LogP contribution >= 0.6 is 0 Å². The maximum absolute atomic E-state index is 14.4. The lowest BCUT2D eigenvalue weighted by atomic mass is 9.87. The molecule has 5 nitrogen and oxygen atoms in total. The largest absolute Gasteiger partial charge is 0.493 e. The molecule has 1 aliphatic carbocycles. The number of rotatable bonds is 6. The highest BCUT2D eigenvalue weighted by Gasteiger charge is 2.62. The van der Waals surface area contributed by atoms with Crippen LogP contribution < -0.4 is 20.1 Å². The van der Waals surface area contributed by atoms with Gasteiger partial charge in [-0.05, 0) is 35.6 Å². The molecule has 1 fully saturated rings. The summed E-state index contributed by atoms with van der Waals surface area (Å²) in [7, 11) is 3.04. The van der Waals surface area contributed by atoms with Gasteiger partial charge >= 0.3 is 6.03 Å². The summed E-state index contributed by atoms with van der Waals surface area (Å²) in [4.78, 5) is 12.4. The van der Waals surface area contributed by atoms with Crippen molar-refractivity contribution in [2.45, 2.75) is 25.7 Å². The number of hydrogen-bond donors (Lipinski definition) is 2. The summed E-state index contributed by atoms with van der Waals surface area (Å²) >= 11 is 0. The lowest BCUT2D eigenvalue weighted by Crippen LogP contribution is -2.37. The number of hydrogen-bond acceptors (Lipinski definition) is 3. The average molecular weight is 390 g/mol. The summed E-state index contributed by atoms with van der Waals surface area (Å²) in [5, 5.41) is 5.54. The van der Waals surface area contributed by atoms with Gasteiger partial charge in [-0.15, -0.1) is 0 Å². The van der Waals surface area contributed by atoms with Crippen molar-refractivity contribution >= 4 is 11.7 Å². The maximum Gasteiger partial charge on any atom is 0.319 e. The van der Waals surface area contributed by atoms with Crippen molar-refractivity contribution in [3.63, 3.8) is 0 Å². The van der Waals surface area contributed by atoms with Gasteiger partial charge in [-0.1, -0.05) is 19.9 Å². The molecule has 28 heavy (non-hydrogen) atoms. The number of ether oxygens (including phenoxy) is 2. The summed E-state index contributed by atoms with van der Waals surface area (Å²) < 4.78 is 38.0. The second kappa shape index (κ2) is 7.30. The van der Waals surface area contributed by atoms with Crippen LogP contribution in [0.25, 0.3) is 0 Å². The first-order valence-electron chi connectivity index (χ1n) is 8.95. The summed E-state index contributed by atoms with van der Waals surface area (Å²) in [6.07, 6.45) is 0.694. The molecule has 1 unspecified atom stereocenters. The molecular formula is C21H24F2N2O3. The Hall–Kier alpha value is -2.83. The Kier molecular flexibility index (Phi) is 5.19. The van der Waals surface area contributed by atoms with Crippen molar-refractivity contribution < 1.29 is 23.0 Å². The second-order valence-corrected chi connectivity index (χ2v) is 7.64. The average Bonchev–Trinajstić information content (AvgIpc) is 3.21. The van der Waals surface area contributed by atoms with Gasteiger partial charge in [-0.2, -0.15) is 0 Å². The molecule has 3 rings (SSSR count). The Labute approximate surface area is 163 Å². The number of carbonyl (C=O) groups is 1. The molecule has 150 valence electrons. The number of carbonyl (C=O) groups excluding carboxylic acids is 1. The fourth-order valence-corrected chi connectivity index (χ4v) is 3.77. The third-order valence-electron chi connectivity index (χ3n) is 5.55. The standard InChI is InChI=1S/C21H24F2N2O3/c1-20(2)11-21(20,15-7-5-13(22)9-16(15)23)12-24-19(26)25-14-6-8-17(27-3)18(10-14)28-4/h5-10H,11-12H2,1-4H3,(H2,24,25,26). The predicted octanol–water partition coefficient (Wildman–Crippen LogP) is 4.47. The lowest BCUT2D eigenvalue weighted by molar-refractivity contribution is 0.250. The molecule has 2 N–H and O–H groups in total. The Morgan fingerprint density at radius 1 is 1.07 bits per heavy atom. The van der Waals surface area contributed by atoms with E-state index in [1.807, 2.05) is 13.8 Å². The van der Waals surface area contributed by atoms with Gasteiger partial charge < -0.3 is 20.1 Å². The SMILES string of the molecule is COc1ccc(NC(=O)NCC2(c3ccc(F)cc3F)CC2(C)C)cc1OC. The van der Waals surface area contributed by atoms with E-state index in [4.69, 9.17) is 9.47 Å². The molecular weight excluding hydrogens is 366 g/mol. The zero-order valence-electron chi connectivity index (χ0n) is 16.4. The van der Waals surface area contributed by atoms with Crippen LogP contribution in [0, 0.1) is 17.0 Å². The van der Waals surface area contributed by atoms with Crippen LogP contribution in [0.5, 0.6) is 11.5 Å². The van der Waals surface area contributed by atoms with E-state index in [0.29, 0.717) is 29.2 Å². The Morgan fingerprint density at radius 3 is 2.32 bits per heavy atom. The zero-order chi connectivity index (χ0) is 20.5. The highest BCUT2D eigenvalue weighted by molar-refractivity contribution is 5.89. The third kappa shape index (κ3) is 3.61. The molecule has 0 spiro atoms. The third-order valence-corrected chi connectivity index (χ3v) is 5.55. The Morgan fingerprint density at radius 2 is 1.75 bits per heavy atom. The van der Waals surface area contributed by atoms with E-state index >= 15 is 0 Å². The molecule has 2 amide bonds. The minimum absolute atomic E-state index is 0.206. The van der Waals surface area contributed by atoms with E-state index in [9.17, 15) is 13.6 Å². The maximum atomic E-state index is 14.4. The summed E-state index contributed by atoms with van der Waals surface area (Å²) in [5.74, 6) is -0.158. The van der Waals surface area contributed by atoms with E-state index in [2.05, 4.69) is 10.6 Å². The smallest absolute Gasteiger partial charge is 0.319 e. The number of benzene rings is 2. The van der Waals surface area contributed by atoms with Gasteiger partial charge in [0.15, 0.2) is 11.5 Å². The number of nitrogens with one attached hydrogen (secondary N) is 2. The van der Waals surface area contributed by atoms with E-state index in [0.717, 1.165) is 6.07 Å². The van der Waals surface area contributed by atoms with Gasteiger partial charge in [0.05, 0.1) is 14.2 Å². The molecule has 0 aliphatic heterocycles. The second-order valence-electron chi connectivity index (χ2n) is 7.64. The number of urea groups is 1. The molecule has 0 aromatic heterocycles. The minimum atomic E-state index is -0.617. The van der Waals surface area contributed by atoms with E-state index in [-0.39, 0.29) is 12.0 Å². The minimum Gasteiger partial charge on any atom is -0.493 e. The first kappa shape index (κ1) is 19.9. The Bertz CT molecular complexity index is 901. The molecule has 0 saturated heterocycles. The van der Waals surface area contributed by atoms with Crippen LogP contribution in [0.1, 0.15) is 25.8 Å². The molecule has 2 aromatic carbocycles. The van der Waals surface area contributed by atoms with Crippen molar-refractivity contribution in [2.24, 2.45) is 5.41 Å². The van der Waals surface area contributed by atoms with Crippen molar-refractivity contribution in [3.8, 4) is 11.5 Å². The highest BCUT2D eigenvalue weighted by Crippen LogP contribution is 2.64. The van der Waals surface area contributed by atoms with E-state index < -0.39 is 23.1 Å². The van der Waals surface area contributed by atoms with Crippen molar-refractivity contribution in [3.05, 3.63) is 53.6 Å². The quantitative estimate of drug-likeness (QED) is 0.765. The predicted molar refractivity (Wildman–Crippen MR) is 103 cm³/mol. The number of amides is 2. The summed E-state index contributed by atoms with van der Waals surface area (Å²) in [6, 6.07) is 8.21. The van der Waals surface area contributed by atoms with Gasteiger partial charge in [0, 0.05) is 29.8 Å². The number of methoxy groups -OCH3 is 2. The van der Waals surface area contributed by atoms with Crippen LogP contribution in [0.4, 0.5) is 19.3 Å². The summed E-state index contributed by atoms with van der Waals surface area (Å²) in [5.41, 5.74) is 0.180. The molecule has 2 aromatic rings. The van der Waals surface area contributed by atoms with E-state index in [1.165, 1.54) is 26.4 Å². The van der Waals surface area contributed by atoms with Crippen LogP contribution in [0.3, 0.4) is 0 Å². The van der Waals surface area contributed by atoms with Crippen molar-refractivity contribution in [2.75, 3.05) is 26.1 Å². The summed E-state index contributed by atoms with van der Waals surface area (Å²) in [6.45, 7) is 4.25. The van der Waals surface area contributed by atoms with Gasteiger partial charge in [-0.25, -0.2) is 13.6 Å². The fraction of sp³-hybridized carbons (Fsp3) is 0.381. The lowest BCUT2D eigenvalue weighted by Gasteiger charge is -2.22. The number of anilines is 1. The van der Waals surface area contributed by atoms with Crippen molar-refractivity contribution in [1.29, 1.82) is 0 Å². The van der Waals surface area contributed by atoms with Gasteiger partial charge in [0.2, 0.25) is 0 Å². The first-order valence-corrected chi connectivity index (χ1v) is 8.95. The topological polar surface area (TPSA) is 59.6 Å². The van der Waals surface area contributed by atoms with Crippen LogP contribution in [-0.4, -0.2) is 26.8 Å². The highest BCUT2D eigenvalue weighted by atomic mass is 19.1. The molecule has 1 atom stereocenters. The van der Waals surface area contributed by atoms with Gasteiger partial charge in [-0.3, -0.25) is 0 Å². The van der Waals surface area contributed by atoms with Crippen molar-refractivity contribution in [1.82, 2.24) is 5.32 Å². The van der Waals surface area contributed by atoms with Crippen LogP contribution in [-0.2, 0) is 5.41 Å². The number of halogens is 2. The van der Waals surface area contributed by atoms with Gasteiger partial charge in [0.1, 0.15) is 11.6 Å². The first-order chi connectivity index (χ1) is 13.2. The molecule has 0 heterocycles. The molecule has 0 radical (unpaired) electrons. The zero-order valence-corrected chi connectivity index (χ0v) is 16.4. The monoisotopic (exact) mass is 390 g/mol. The molecule has 0 bridgehead atoms. The van der Waals surface area contributed by atoms with Crippen LogP contribution in [0.15, 0.2) is 36.4 Å². The Balaban J connectivity index is 1.71. The molecule has 1 aliphatic rings. The molecule has 1 saturated carbocycles. The molecule has 7 heteroatoms. The van der Waals surface area contributed by atoms with E-state index in [1.54, 1.807) is 18.2 Å². The van der Waals surface area contributed by atoms with Gasteiger partial charge in [0.25, 0.3) is 0 Å². The fourth-order valence-electron chi connectivity index (χ4n) is 3.77. The normalized spacial score (nSPS) is 19.6.